The summed E-state index contributed by atoms with van der Waals surface area (Å²) in [5.41, 5.74) is 8.45. The van der Waals surface area contributed by atoms with Gasteiger partial charge in [0, 0.05) is 26.3 Å². The molecule has 0 bridgehead atoms. The largest absolute Gasteiger partial charge is 0.320 e. The van der Waals surface area contributed by atoms with Crippen LogP contribution in [0.4, 0.5) is 0 Å². The molecule has 0 amide bonds. The van der Waals surface area contributed by atoms with Gasteiger partial charge in [0.1, 0.15) is 0 Å². The average Bonchev–Trinajstić information content (AvgIpc) is 2.80. The Morgan fingerprint density at radius 2 is 2.28 bits per heavy atom. The monoisotopic (exact) mass is 419 g/mol. The standard InChI is InChI=1S/C13H15BrIN3/c1-2-5-18-8-9(7-17-18)13(16)11-6-10(15)3-4-12(11)14/h3-4,6-8,13H,2,5,16H2,1H3. The lowest BCUT2D eigenvalue weighted by molar-refractivity contribution is 0.602. The van der Waals surface area contributed by atoms with Crippen molar-refractivity contribution in [3.05, 3.63) is 49.8 Å². The summed E-state index contributed by atoms with van der Waals surface area (Å²) in [5.74, 6) is 0. The summed E-state index contributed by atoms with van der Waals surface area (Å²) in [6, 6.07) is 6.06. The smallest absolute Gasteiger partial charge is 0.0594 e. The quantitative estimate of drug-likeness (QED) is 0.767. The van der Waals surface area contributed by atoms with Gasteiger partial charge in [0.15, 0.2) is 0 Å². The molecule has 2 rings (SSSR count). The van der Waals surface area contributed by atoms with Crippen LogP contribution >= 0.6 is 38.5 Å². The highest BCUT2D eigenvalue weighted by Crippen LogP contribution is 2.28. The van der Waals surface area contributed by atoms with Gasteiger partial charge in [0.05, 0.1) is 12.2 Å². The van der Waals surface area contributed by atoms with Crippen molar-refractivity contribution in [3.8, 4) is 0 Å². The van der Waals surface area contributed by atoms with E-state index in [4.69, 9.17) is 5.73 Å². The number of halogens is 2. The maximum absolute atomic E-state index is 6.31. The van der Waals surface area contributed by atoms with Crippen LogP contribution in [-0.2, 0) is 6.54 Å². The zero-order chi connectivity index (χ0) is 13.1. The second-order valence-corrected chi connectivity index (χ2v) is 6.28. The minimum atomic E-state index is -0.139. The predicted octanol–water partition coefficient (Wildman–Crippen LogP) is 3.71. The van der Waals surface area contributed by atoms with Crippen LogP contribution in [0.25, 0.3) is 0 Å². The van der Waals surface area contributed by atoms with Crippen molar-refractivity contribution >= 4 is 38.5 Å². The lowest BCUT2D eigenvalue weighted by Crippen LogP contribution is -2.12. The van der Waals surface area contributed by atoms with E-state index in [1.165, 1.54) is 3.57 Å². The van der Waals surface area contributed by atoms with Crippen LogP contribution in [0.5, 0.6) is 0 Å². The molecule has 0 spiro atoms. The summed E-state index contributed by atoms with van der Waals surface area (Å²) in [6.07, 6.45) is 4.95. The van der Waals surface area contributed by atoms with Gasteiger partial charge < -0.3 is 5.73 Å². The fourth-order valence-corrected chi connectivity index (χ4v) is 2.83. The lowest BCUT2D eigenvalue weighted by atomic mass is 10.0. The molecule has 1 aromatic heterocycles. The number of aryl methyl sites for hydroxylation is 1. The molecule has 3 nitrogen and oxygen atoms in total. The number of nitrogens with zero attached hydrogens (tertiary/aromatic N) is 2. The second-order valence-electron chi connectivity index (χ2n) is 4.18. The van der Waals surface area contributed by atoms with Gasteiger partial charge in [0.2, 0.25) is 0 Å². The number of benzene rings is 1. The summed E-state index contributed by atoms with van der Waals surface area (Å²) >= 11 is 5.85. The highest BCUT2D eigenvalue weighted by atomic mass is 127. The van der Waals surface area contributed by atoms with E-state index in [9.17, 15) is 0 Å². The van der Waals surface area contributed by atoms with Crippen molar-refractivity contribution in [3.63, 3.8) is 0 Å². The van der Waals surface area contributed by atoms with Crippen molar-refractivity contribution < 1.29 is 0 Å². The van der Waals surface area contributed by atoms with Gasteiger partial charge in [-0.2, -0.15) is 5.10 Å². The van der Waals surface area contributed by atoms with Crippen LogP contribution in [0, 0.1) is 3.57 Å². The Kier molecular flexibility index (Phi) is 4.80. The minimum Gasteiger partial charge on any atom is -0.320 e. The Morgan fingerprint density at radius 3 is 3.00 bits per heavy atom. The molecule has 2 aromatic rings. The Balaban J connectivity index is 2.29. The Bertz CT molecular complexity index is 539. The Hall–Kier alpha value is -0.400. The highest BCUT2D eigenvalue weighted by molar-refractivity contribution is 14.1. The number of nitrogens with two attached hydrogens (primary N) is 1. The second kappa shape index (κ2) is 6.16. The normalized spacial score (nSPS) is 12.7. The van der Waals surface area contributed by atoms with Crippen molar-refractivity contribution in [1.82, 2.24) is 9.78 Å². The van der Waals surface area contributed by atoms with Gasteiger partial charge in [-0.3, -0.25) is 4.68 Å². The third-order valence-electron chi connectivity index (χ3n) is 2.76. The zero-order valence-corrected chi connectivity index (χ0v) is 13.8. The van der Waals surface area contributed by atoms with Crippen LogP contribution in [0.3, 0.4) is 0 Å². The van der Waals surface area contributed by atoms with E-state index in [1.54, 1.807) is 0 Å². The summed E-state index contributed by atoms with van der Waals surface area (Å²) in [7, 11) is 0. The van der Waals surface area contributed by atoms with E-state index < -0.39 is 0 Å². The van der Waals surface area contributed by atoms with Gasteiger partial charge in [0.25, 0.3) is 0 Å². The van der Waals surface area contributed by atoms with E-state index in [0.29, 0.717) is 0 Å². The topological polar surface area (TPSA) is 43.8 Å². The van der Waals surface area contributed by atoms with Gasteiger partial charge in [-0.05, 0) is 52.8 Å². The molecular formula is C13H15BrIN3. The number of aromatic nitrogens is 2. The van der Waals surface area contributed by atoms with Crippen LogP contribution in [-0.4, -0.2) is 9.78 Å². The van der Waals surface area contributed by atoms with Gasteiger partial charge >= 0.3 is 0 Å². The van der Waals surface area contributed by atoms with Gasteiger partial charge in [-0.1, -0.05) is 22.9 Å². The first kappa shape index (κ1) is 14.0. The number of hydrogen-bond acceptors (Lipinski definition) is 2. The molecule has 0 fully saturated rings. The van der Waals surface area contributed by atoms with Crippen molar-refractivity contribution in [2.75, 3.05) is 0 Å². The molecule has 1 unspecified atom stereocenters. The van der Waals surface area contributed by atoms with Crippen molar-refractivity contribution in [1.29, 1.82) is 0 Å². The summed E-state index contributed by atoms with van der Waals surface area (Å²) in [5, 5.41) is 4.32. The van der Waals surface area contributed by atoms with Gasteiger partial charge in [-0.15, -0.1) is 0 Å². The minimum absolute atomic E-state index is 0.139. The molecular weight excluding hydrogens is 405 g/mol. The molecule has 0 aliphatic heterocycles. The molecule has 0 saturated carbocycles. The molecule has 0 radical (unpaired) electrons. The summed E-state index contributed by atoms with van der Waals surface area (Å²) in [6.45, 7) is 3.07. The van der Waals surface area contributed by atoms with Crippen molar-refractivity contribution in [2.24, 2.45) is 5.73 Å². The molecule has 96 valence electrons. The molecule has 1 aromatic carbocycles. The van der Waals surface area contributed by atoms with E-state index in [2.05, 4.69) is 62.7 Å². The lowest BCUT2D eigenvalue weighted by Gasteiger charge is -2.12. The summed E-state index contributed by atoms with van der Waals surface area (Å²) in [4.78, 5) is 0. The first-order valence-electron chi connectivity index (χ1n) is 5.84. The van der Waals surface area contributed by atoms with Crippen LogP contribution in [0.2, 0.25) is 0 Å². The summed E-state index contributed by atoms with van der Waals surface area (Å²) < 4.78 is 4.16. The Morgan fingerprint density at radius 1 is 1.50 bits per heavy atom. The van der Waals surface area contributed by atoms with Crippen LogP contribution in [0.15, 0.2) is 35.1 Å². The third-order valence-corrected chi connectivity index (χ3v) is 4.15. The maximum Gasteiger partial charge on any atom is 0.0594 e. The molecule has 1 atom stereocenters. The molecule has 5 heteroatoms. The highest BCUT2D eigenvalue weighted by Gasteiger charge is 2.14. The first-order valence-corrected chi connectivity index (χ1v) is 7.72. The molecule has 2 N–H and O–H groups in total. The molecule has 0 aliphatic rings. The fraction of sp³-hybridized carbons (Fsp3) is 0.308. The molecule has 0 saturated heterocycles. The molecule has 18 heavy (non-hydrogen) atoms. The SMILES string of the molecule is CCCn1cc(C(N)c2cc(I)ccc2Br)cn1. The Labute approximate surface area is 129 Å². The maximum atomic E-state index is 6.31. The van der Waals surface area contributed by atoms with Crippen LogP contribution < -0.4 is 5.73 Å². The van der Waals surface area contributed by atoms with Crippen molar-refractivity contribution in [2.45, 2.75) is 25.9 Å². The third kappa shape index (κ3) is 3.13. The number of rotatable bonds is 4. The zero-order valence-electron chi connectivity index (χ0n) is 10.1. The van der Waals surface area contributed by atoms with E-state index in [-0.39, 0.29) is 6.04 Å². The predicted molar refractivity (Wildman–Crippen MR) is 85.4 cm³/mol. The molecule has 0 aliphatic carbocycles. The van der Waals surface area contributed by atoms with E-state index in [0.717, 1.165) is 28.6 Å². The first-order chi connectivity index (χ1) is 8.61. The number of hydrogen-bond donors (Lipinski definition) is 1. The fourth-order valence-electron chi connectivity index (χ4n) is 1.82. The van der Waals surface area contributed by atoms with Gasteiger partial charge in [-0.25, -0.2) is 0 Å². The van der Waals surface area contributed by atoms with E-state index >= 15 is 0 Å². The molecule has 1 heterocycles. The van der Waals surface area contributed by atoms with Crippen LogP contribution in [0.1, 0.15) is 30.5 Å². The average molecular weight is 420 g/mol. The van der Waals surface area contributed by atoms with E-state index in [1.807, 2.05) is 23.1 Å².